The Kier molecular flexibility index (Phi) is 4.12. The summed E-state index contributed by atoms with van der Waals surface area (Å²) in [7, 11) is -4.40. The Labute approximate surface area is 167 Å². The van der Waals surface area contributed by atoms with Crippen molar-refractivity contribution in [1.82, 2.24) is 0 Å². The molecule has 0 unspecified atom stereocenters. The smallest absolute Gasteiger partial charge is 0.249 e. The van der Waals surface area contributed by atoms with Gasteiger partial charge in [0.15, 0.2) is 0 Å². The maximum atomic E-state index is 14.5. The van der Waals surface area contributed by atoms with Crippen LogP contribution < -0.4 is 16.1 Å². The molecular weight excluding hydrogens is 385 g/mol. The minimum absolute atomic E-state index is 0.198. The SMILES string of the molecule is CC1=Cc2c(-c3c(C(N)=O)cc4c(C)c3[Si](C)(C)O[Si]4(C)C)ccc(F)c2C1. The lowest BCUT2D eigenvalue weighted by Gasteiger charge is -2.43. The number of amides is 1. The van der Waals surface area contributed by atoms with Gasteiger partial charge in [0, 0.05) is 5.56 Å². The number of primary amides is 1. The highest BCUT2D eigenvalue weighted by molar-refractivity contribution is 7.00. The summed E-state index contributed by atoms with van der Waals surface area (Å²) in [5.74, 6) is -0.637. The number of fused-ring (bicyclic) bond motifs is 3. The van der Waals surface area contributed by atoms with Crippen molar-refractivity contribution >= 4 is 39.0 Å². The summed E-state index contributed by atoms with van der Waals surface area (Å²) in [6, 6.07) is 5.24. The summed E-state index contributed by atoms with van der Waals surface area (Å²) in [5, 5.41) is 2.26. The van der Waals surface area contributed by atoms with Crippen molar-refractivity contribution in [3.8, 4) is 11.1 Å². The van der Waals surface area contributed by atoms with Gasteiger partial charge in [0.25, 0.3) is 0 Å². The zero-order valence-corrected chi connectivity index (χ0v) is 19.3. The average Bonchev–Trinajstić information content (AvgIpc) is 2.94. The Balaban J connectivity index is 2.16. The first-order valence-corrected chi connectivity index (χ1v) is 15.4. The van der Waals surface area contributed by atoms with Crippen molar-refractivity contribution in [3.63, 3.8) is 0 Å². The predicted molar refractivity (Wildman–Crippen MR) is 118 cm³/mol. The molecule has 2 aromatic carbocycles. The van der Waals surface area contributed by atoms with Crippen molar-refractivity contribution in [1.29, 1.82) is 0 Å². The first kappa shape index (κ1) is 19.3. The minimum atomic E-state index is -2.29. The molecule has 0 aromatic heterocycles. The van der Waals surface area contributed by atoms with Crippen molar-refractivity contribution in [3.05, 3.63) is 51.8 Å². The van der Waals surface area contributed by atoms with Crippen LogP contribution in [-0.4, -0.2) is 22.5 Å². The van der Waals surface area contributed by atoms with E-state index in [0.29, 0.717) is 17.5 Å². The van der Waals surface area contributed by atoms with Crippen molar-refractivity contribution < 1.29 is 13.3 Å². The van der Waals surface area contributed by atoms with Crippen LogP contribution in [0.15, 0.2) is 23.8 Å². The van der Waals surface area contributed by atoms with Gasteiger partial charge in [0.1, 0.15) is 5.82 Å². The van der Waals surface area contributed by atoms with Gasteiger partial charge in [-0.25, -0.2) is 4.39 Å². The van der Waals surface area contributed by atoms with Crippen LogP contribution in [0.4, 0.5) is 4.39 Å². The molecule has 2 N–H and O–H groups in total. The Morgan fingerprint density at radius 1 is 1.14 bits per heavy atom. The van der Waals surface area contributed by atoms with Crippen LogP contribution in [0.5, 0.6) is 0 Å². The fourth-order valence-corrected chi connectivity index (χ4v) is 14.7. The number of halogens is 1. The van der Waals surface area contributed by atoms with Crippen molar-refractivity contribution in [2.45, 2.75) is 46.5 Å². The highest BCUT2D eigenvalue weighted by Crippen LogP contribution is 2.38. The van der Waals surface area contributed by atoms with E-state index in [1.54, 1.807) is 6.07 Å². The molecule has 0 atom stereocenters. The fourth-order valence-electron chi connectivity index (χ4n) is 5.15. The van der Waals surface area contributed by atoms with Crippen LogP contribution in [-0.2, 0) is 10.5 Å². The highest BCUT2D eigenvalue weighted by atomic mass is 28.4. The molecule has 1 amide bonds. The monoisotopic (exact) mass is 411 g/mol. The summed E-state index contributed by atoms with van der Waals surface area (Å²) in [6.07, 6.45) is 2.63. The predicted octanol–water partition coefficient (Wildman–Crippen LogP) is 3.71. The van der Waals surface area contributed by atoms with E-state index in [1.807, 2.05) is 19.1 Å². The van der Waals surface area contributed by atoms with E-state index in [9.17, 15) is 9.18 Å². The number of hydrogen-bond donors (Lipinski definition) is 1. The van der Waals surface area contributed by atoms with E-state index in [2.05, 4.69) is 33.1 Å². The van der Waals surface area contributed by atoms with Crippen LogP contribution >= 0.6 is 0 Å². The van der Waals surface area contributed by atoms with Gasteiger partial charge in [-0.1, -0.05) is 17.7 Å². The van der Waals surface area contributed by atoms with E-state index in [1.165, 1.54) is 11.6 Å². The molecule has 1 aliphatic heterocycles. The molecule has 4 rings (SSSR count). The van der Waals surface area contributed by atoms with Crippen molar-refractivity contribution in [2.24, 2.45) is 5.73 Å². The number of carbonyl (C=O) groups is 1. The van der Waals surface area contributed by atoms with Gasteiger partial charge in [-0.3, -0.25) is 4.79 Å². The lowest BCUT2D eigenvalue weighted by Crippen LogP contribution is -2.66. The summed E-state index contributed by atoms with van der Waals surface area (Å²) < 4.78 is 21.2. The standard InChI is InChI=1S/C22H26FNO2Si2/c1-12-9-15-14(7-8-18(23)16(15)10-12)20-17(22(24)25)11-19-13(2)21(20)28(5,6)26-27(19,3)4/h7-9,11H,10H2,1-6H3,(H2,24,25). The number of benzene rings is 2. The second-order valence-electron chi connectivity index (χ2n) is 8.99. The van der Waals surface area contributed by atoms with E-state index >= 15 is 0 Å². The van der Waals surface area contributed by atoms with Gasteiger partial charge in [-0.05, 0) is 96.8 Å². The molecule has 1 aliphatic carbocycles. The molecule has 1 heterocycles. The van der Waals surface area contributed by atoms with Crippen LogP contribution in [0.25, 0.3) is 17.2 Å². The summed E-state index contributed by atoms with van der Waals surface area (Å²) in [6.45, 7) is 12.9. The quantitative estimate of drug-likeness (QED) is 0.766. The molecule has 0 radical (unpaired) electrons. The highest BCUT2D eigenvalue weighted by Gasteiger charge is 2.46. The van der Waals surface area contributed by atoms with Gasteiger partial charge in [0.05, 0.1) is 0 Å². The number of rotatable bonds is 2. The molecule has 28 heavy (non-hydrogen) atoms. The number of nitrogens with two attached hydrogens (primary N) is 1. The third kappa shape index (κ3) is 2.66. The molecule has 3 nitrogen and oxygen atoms in total. The van der Waals surface area contributed by atoms with Crippen LogP contribution in [0.1, 0.15) is 34.0 Å². The summed E-state index contributed by atoms with van der Waals surface area (Å²) in [4.78, 5) is 12.5. The third-order valence-electron chi connectivity index (χ3n) is 6.03. The average molecular weight is 412 g/mol. The van der Waals surface area contributed by atoms with Crippen LogP contribution in [0.3, 0.4) is 0 Å². The van der Waals surface area contributed by atoms with Crippen molar-refractivity contribution in [2.75, 3.05) is 0 Å². The molecule has 2 bridgehead atoms. The Morgan fingerprint density at radius 2 is 1.82 bits per heavy atom. The van der Waals surface area contributed by atoms with E-state index < -0.39 is 22.5 Å². The zero-order valence-electron chi connectivity index (χ0n) is 17.3. The first-order chi connectivity index (χ1) is 12.9. The van der Waals surface area contributed by atoms with E-state index in [-0.39, 0.29) is 5.82 Å². The molecule has 0 fully saturated rings. The van der Waals surface area contributed by atoms with Crippen LogP contribution in [0, 0.1) is 12.7 Å². The normalized spacial score (nSPS) is 18.6. The van der Waals surface area contributed by atoms with Crippen LogP contribution in [0.2, 0.25) is 26.2 Å². The Hall–Kier alpha value is -2.03. The summed E-state index contributed by atoms with van der Waals surface area (Å²) >= 11 is 0. The van der Waals surface area contributed by atoms with Gasteiger partial charge in [-0.2, -0.15) is 0 Å². The number of hydrogen-bond acceptors (Lipinski definition) is 2. The molecule has 2 aliphatic rings. The summed E-state index contributed by atoms with van der Waals surface area (Å²) in [5.41, 5.74) is 12.0. The minimum Gasteiger partial charge on any atom is -0.449 e. The molecule has 6 heteroatoms. The lowest BCUT2D eigenvalue weighted by atomic mass is 9.91. The van der Waals surface area contributed by atoms with Gasteiger partial charge < -0.3 is 9.85 Å². The van der Waals surface area contributed by atoms with E-state index in [4.69, 9.17) is 9.85 Å². The molecular formula is C22H26FNO2Si2. The van der Waals surface area contributed by atoms with Gasteiger partial charge in [0.2, 0.25) is 22.5 Å². The molecule has 0 spiro atoms. The third-order valence-corrected chi connectivity index (χ3v) is 13.8. The maximum absolute atomic E-state index is 14.5. The number of allylic oxidation sites excluding steroid dienone is 1. The maximum Gasteiger partial charge on any atom is 0.249 e. The second-order valence-corrected chi connectivity index (χ2v) is 16.9. The second kappa shape index (κ2) is 5.98. The Morgan fingerprint density at radius 3 is 2.46 bits per heavy atom. The molecule has 146 valence electrons. The Bertz CT molecular complexity index is 1090. The molecule has 0 saturated carbocycles. The molecule has 0 saturated heterocycles. The first-order valence-electron chi connectivity index (χ1n) is 9.61. The topological polar surface area (TPSA) is 52.3 Å². The number of carbonyl (C=O) groups excluding carboxylic acids is 1. The van der Waals surface area contributed by atoms with Gasteiger partial charge in [-0.15, -0.1) is 0 Å². The zero-order chi connectivity index (χ0) is 20.6. The lowest BCUT2D eigenvalue weighted by molar-refractivity contribution is 0.100. The van der Waals surface area contributed by atoms with Gasteiger partial charge >= 0.3 is 0 Å². The van der Waals surface area contributed by atoms with E-state index in [0.717, 1.165) is 32.6 Å². The fraction of sp³-hybridized carbons (Fsp3) is 0.318. The molecule has 2 aromatic rings. The largest absolute Gasteiger partial charge is 0.449 e.